The Morgan fingerprint density at radius 1 is 1.45 bits per heavy atom. The van der Waals surface area contributed by atoms with Crippen LogP contribution in [0.5, 0.6) is 0 Å². The van der Waals surface area contributed by atoms with Crippen LogP contribution in [0.25, 0.3) is 0 Å². The van der Waals surface area contributed by atoms with Crippen molar-refractivity contribution >= 4 is 15.9 Å². The molecule has 1 unspecified atom stereocenters. The molecular weight excluding hydrogens is 287 g/mol. The van der Waals surface area contributed by atoms with E-state index in [0.717, 1.165) is 18.2 Å². The highest BCUT2D eigenvalue weighted by atomic mass is 32.2. The molecule has 0 aliphatic carbocycles. The number of carbonyl (C=O) groups is 1. The first-order chi connectivity index (χ1) is 9.24. The Hall–Kier alpha value is -1.51. The molecule has 0 saturated heterocycles. The lowest BCUT2D eigenvalue weighted by Gasteiger charge is -2.12. The number of halogens is 1. The number of ether oxygens (including phenoxy) is 1. The van der Waals surface area contributed by atoms with E-state index in [2.05, 4.69) is 5.32 Å². The molecule has 8 heteroatoms. The summed E-state index contributed by atoms with van der Waals surface area (Å²) in [5.41, 5.74) is -0.0985. The van der Waals surface area contributed by atoms with E-state index in [1.807, 2.05) is 6.92 Å². The van der Waals surface area contributed by atoms with Gasteiger partial charge in [0, 0.05) is 19.2 Å². The minimum absolute atomic E-state index is 0.0789. The van der Waals surface area contributed by atoms with Crippen LogP contribution in [0.3, 0.4) is 0 Å². The minimum atomic E-state index is -4.06. The molecule has 0 bridgehead atoms. The van der Waals surface area contributed by atoms with Crippen molar-refractivity contribution in [2.75, 3.05) is 20.3 Å². The SMILES string of the molecule is COCC(C)CNC(=O)c1cc(F)cc(S(N)(=O)=O)c1. The van der Waals surface area contributed by atoms with Crippen molar-refractivity contribution < 1.29 is 22.3 Å². The average Bonchev–Trinajstić information content (AvgIpc) is 2.34. The molecule has 0 radical (unpaired) electrons. The zero-order valence-electron chi connectivity index (χ0n) is 11.2. The summed E-state index contributed by atoms with van der Waals surface area (Å²) in [5.74, 6) is -1.33. The maximum atomic E-state index is 13.3. The molecular formula is C12H17FN2O4S. The summed E-state index contributed by atoms with van der Waals surface area (Å²) in [4.78, 5) is 11.4. The maximum absolute atomic E-state index is 13.3. The van der Waals surface area contributed by atoms with Crippen molar-refractivity contribution in [2.45, 2.75) is 11.8 Å². The lowest BCUT2D eigenvalue weighted by Crippen LogP contribution is -2.30. The van der Waals surface area contributed by atoms with E-state index in [1.165, 1.54) is 0 Å². The van der Waals surface area contributed by atoms with Gasteiger partial charge in [0.15, 0.2) is 0 Å². The summed E-state index contributed by atoms with van der Waals surface area (Å²) >= 11 is 0. The Morgan fingerprint density at radius 2 is 2.10 bits per heavy atom. The quantitative estimate of drug-likeness (QED) is 0.799. The number of nitrogens with one attached hydrogen (secondary N) is 1. The average molecular weight is 304 g/mol. The van der Waals surface area contributed by atoms with Gasteiger partial charge in [-0.2, -0.15) is 0 Å². The van der Waals surface area contributed by atoms with Crippen LogP contribution in [0, 0.1) is 11.7 Å². The van der Waals surface area contributed by atoms with Crippen LogP contribution in [0.15, 0.2) is 23.1 Å². The summed E-state index contributed by atoms with van der Waals surface area (Å²) < 4.78 is 40.6. The number of hydrogen-bond donors (Lipinski definition) is 2. The first kappa shape index (κ1) is 16.5. The number of sulfonamides is 1. The fourth-order valence-electron chi connectivity index (χ4n) is 1.57. The molecule has 20 heavy (non-hydrogen) atoms. The number of methoxy groups -OCH3 is 1. The summed E-state index contributed by atoms with van der Waals surface area (Å²) in [6.45, 7) is 2.66. The van der Waals surface area contributed by atoms with Crippen LogP contribution in [-0.4, -0.2) is 34.6 Å². The van der Waals surface area contributed by atoms with E-state index in [0.29, 0.717) is 13.2 Å². The molecule has 3 N–H and O–H groups in total. The van der Waals surface area contributed by atoms with Crippen molar-refractivity contribution in [2.24, 2.45) is 11.1 Å². The van der Waals surface area contributed by atoms with Gasteiger partial charge in [-0.3, -0.25) is 4.79 Å². The topological polar surface area (TPSA) is 98.5 Å². The van der Waals surface area contributed by atoms with E-state index < -0.39 is 26.6 Å². The fraction of sp³-hybridized carbons (Fsp3) is 0.417. The maximum Gasteiger partial charge on any atom is 0.251 e. The van der Waals surface area contributed by atoms with E-state index in [9.17, 15) is 17.6 Å². The van der Waals surface area contributed by atoms with E-state index in [1.54, 1.807) is 7.11 Å². The predicted molar refractivity (Wildman–Crippen MR) is 71.1 cm³/mol. The van der Waals surface area contributed by atoms with Crippen molar-refractivity contribution in [1.29, 1.82) is 0 Å². The molecule has 1 rings (SSSR count). The summed E-state index contributed by atoms with van der Waals surface area (Å²) in [6, 6.07) is 2.75. The second kappa shape index (κ2) is 6.78. The fourth-order valence-corrected chi connectivity index (χ4v) is 2.14. The van der Waals surface area contributed by atoms with Crippen LogP contribution < -0.4 is 10.5 Å². The number of hydrogen-bond acceptors (Lipinski definition) is 4. The van der Waals surface area contributed by atoms with Gasteiger partial charge >= 0.3 is 0 Å². The number of amides is 1. The largest absolute Gasteiger partial charge is 0.384 e. The Bertz CT molecular complexity index is 589. The Morgan fingerprint density at radius 3 is 2.65 bits per heavy atom. The van der Waals surface area contributed by atoms with Crippen LogP contribution in [0.2, 0.25) is 0 Å². The highest BCUT2D eigenvalue weighted by Gasteiger charge is 2.15. The lowest BCUT2D eigenvalue weighted by molar-refractivity contribution is 0.0933. The van der Waals surface area contributed by atoms with Crippen LogP contribution in [-0.2, 0) is 14.8 Å². The molecule has 1 aromatic carbocycles. The minimum Gasteiger partial charge on any atom is -0.384 e. The van der Waals surface area contributed by atoms with Crippen molar-refractivity contribution in [3.63, 3.8) is 0 Å². The first-order valence-electron chi connectivity index (χ1n) is 5.84. The predicted octanol–water partition coefficient (Wildman–Crippen LogP) is 0.485. The zero-order valence-corrected chi connectivity index (χ0v) is 12.0. The molecule has 112 valence electrons. The summed E-state index contributed by atoms with van der Waals surface area (Å²) in [6.07, 6.45) is 0. The number of benzene rings is 1. The van der Waals surface area contributed by atoms with Gasteiger partial charge in [0.25, 0.3) is 5.91 Å². The first-order valence-corrected chi connectivity index (χ1v) is 7.39. The van der Waals surface area contributed by atoms with E-state index in [4.69, 9.17) is 9.88 Å². The smallest absolute Gasteiger partial charge is 0.251 e. The van der Waals surface area contributed by atoms with Crippen LogP contribution in [0.1, 0.15) is 17.3 Å². The number of carbonyl (C=O) groups excluding carboxylic acids is 1. The lowest BCUT2D eigenvalue weighted by atomic mass is 10.1. The van der Waals surface area contributed by atoms with Gasteiger partial charge in [-0.15, -0.1) is 0 Å². The second-order valence-corrected chi connectivity index (χ2v) is 6.05. The highest BCUT2D eigenvalue weighted by Crippen LogP contribution is 2.13. The molecule has 6 nitrogen and oxygen atoms in total. The van der Waals surface area contributed by atoms with Crippen molar-refractivity contribution in [1.82, 2.24) is 5.32 Å². The molecule has 0 spiro atoms. The van der Waals surface area contributed by atoms with Gasteiger partial charge in [-0.25, -0.2) is 17.9 Å². The van der Waals surface area contributed by atoms with Gasteiger partial charge in [-0.1, -0.05) is 6.92 Å². The monoisotopic (exact) mass is 304 g/mol. The van der Waals surface area contributed by atoms with Crippen molar-refractivity contribution in [3.8, 4) is 0 Å². The third kappa shape index (κ3) is 4.87. The van der Waals surface area contributed by atoms with Gasteiger partial charge in [0.05, 0.1) is 11.5 Å². The molecule has 1 aromatic rings. The number of rotatable bonds is 6. The molecule has 0 heterocycles. The van der Waals surface area contributed by atoms with E-state index in [-0.39, 0.29) is 11.5 Å². The van der Waals surface area contributed by atoms with Gasteiger partial charge in [0.1, 0.15) is 5.82 Å². The van der Waals surface area contributed by atoms with E-state index >= 15 is 0 Å². The van der Waals surface area contributed by atoms with Gasteiger partial charge in [0.2, 0.25) is 10.0 Å². The second-order valence-electron chi connectivity index (χ2n) is 4.49. The molecule has 0 aromatic heterocycles. The molecule has 0 aliphatic rings. The molecule has 0 aliphatic heterocycles. The number of nitrogens with two attached hydrogens (primary N) is 1. The van der Waals surface area contributed by atoms with Crippen LogP contribution in [0.4, 0.5) is 4.39 Å². The standard InChI is InChI=1S/C12H17FN2O4S/c1-8(7-19-2)6-15-12(16)9-3-10(13)5-11(4-9)20(14,17)18/h3-5,8H,6-7H2,1-2H3,(H,15,16)(H2,14,17,18). The third-order valence-corrected chi connectivity index (χ3v) is 3.42. The van der Waals surface area contributed by atoms with Crippen molar-refractivity contribution in [3.05, 3.63) is 29.6 Å². The molecule has 1 atom stereocenters. The molecule has 0 saturated carbocycles. The van der Waals surface area contributed by atoms with Gasteiger partial charge in [-0.05, 0) is 24.1 Å². The molecule has 1 amide bonds. The third-order valence-electron chi connectivity index (χ3n) is 2.52. The van der Waals surface area contributed by atoms with Crippen LogP contribution >= 0.6 is 0 Å². The van der Waals surface area contributed by atoms with Gasteiger partial charge < -0.3 is 10.1 Å². The highest BCUT2D eigenvalue weighted by molar-refractivity contribution is 7.89. The summed E-state index contributed by atoms with van der Waals surface area (Å²) in [7, 11) is -2.52. The Labute approximate surface area is 117 Å². The number of primary sulfonamides is 1. The summed E-state index contributed by atoms with van der Waals surface area (Å²) in [5, 5.41) is 7.48. The normalized spacial score (nSPS) is 13.0. The zero-order chi connectivity index (χ0) is 15.3. The molecule has 0 fully saturated rings. The Kier molecular flexibility index (Phi) is 5.61. The Balaban J connectivity index is 2.86.